The predicted molar refractivity (Wildman–Crippen MR) is 77.6 cm³/mol. The van der Waals surface area contributed by atoms with Crippen LogP contribution in [0.5, 0.6) is 0 Å². The fourth-order valence-corrected chi connectivity index (χ4v) is 1.71. The molecule has 0 radical (unpaired) electrons. The van der Waals surface area contributed by atoms with Gasteiger partial charge in [-0.3, -0.25) is 9.59 Å². The molecule has 3 amide bonds. The van der Waals surface area contributed by atoms with Gasteiger partial charge in [0.15, 0.2) is 5.78 Å². The molecule has 0 bridgehead atoms. The average molecular weight is 309 g/mol. The quantitative estimate of drug-likeness (QED) is 0.431. The summed E-state index contributed by atoms with van der Waals surface area (Å²) >= 11 is 0. The van der Waals surface area contributed by atoms with Gasteiger partial charge in [0.1, 0.15) is 12.1 Å². The number of amides is 3. The fraction of sp³-hybridized carbons (Fsp3) is 0.357. The number of hydrogen-bond donors (Lipinski definition) is 5. The molecule has 0 aliphatic heterocycles. The normalized spacial score (nSPS) is 14.5. The number of Topliss-reactive ketones (excluding diaryl/α,β-unsaturated/α-hetero) is 1. The SMILES string of the molecule is CC(O)[C@H](NC(=O)NCC(=O)[C@H](O)c1ccccc1)C(N)=O. The zero-order valence-corrected chi connectivity index (χ0v) is 12.0. The third kappa shape index (κ3) is 5.15. The molecule has 1 rings (SSSR count). The molecule has 0 spiro atoms. The summed E-state index contributed by atoms with van der Waals surface area (Å²) in [7, 11) is 0. The van der Waals surface area contributed by atoms with Crippen molar-refractivity contribution in [2.24, 2.45) is 5.73 Å². The van der Waals surface area contributed by atoms with Crippen LogP contribution in [0.2, 0.25) is 0 Å². The van der Waals surface area contributed by atoms with Crippen molar-refractivity contribution in [1.82, 2.24) is 10.6 Å². The number of benzene rings is 1. The van der Waals surface area contributed by atoms with Crippen LogP contribution in [0.25, 0.3) is 0 Å². The molecule has 1 aromatic rings. The number of carbonyl (C=O) groups excluding carboxylic acids is 3. The molecular formula is C14H19N3O5. The summed E-state index contributed by atoms with van der Waals surface area (Å²) in [6, 6.07) is 6.13. The van der Waals surface area contributed by atoms with E-state index in [2.05, 4.69) is 10.6 Å². The van der Waals surface area contributed by atoms with E-state index in [0.717, 1.165) is 0 Å². The second-order valence-electron chi connectivity index (χ2n) is 4.73. The molecule has 0 fully saturated rings. The van der Waals surface area contributed by atoms with Crippen LogP contribution in [0.1, 0.15) is 18.6 Å². The van der Waals surface area contributed by atoms with Crippen LogP contribution < -0.4 is 16.4 Å². The number of aliphatic hydroxyl groups is 2. The van der Waals surface area contributed by atoms with E-state index in [-0.39, 0.29) is 0 Å². The van der Waals surface area contributed by atoms with E-state index in [1.165, 1.54) is 6.92 Å². The minimum Gasteiger partial charge on any atom is -0.391 e. The highest BCUT2D eigenvalue weighted by molar-refractivity contribution is 5.91. The first-order valence-electron chi connectivity index (χ1n) is 6.60. The Morgan fingerprint density at radius 2 is 1.77 bits per heavy atom. The fourth-order valence-electron chi connectivity index (χ4n) is 1.71. The highest BCUT2D eigenvalue weighted by Gasteiger charge is 2.24. The summed E-state index contributed by atoms with van der Waals surface area (Å²) < 4.78 is 0. The van der Waals surface area contributed by atoms with Crippen molar-refractivity contribution in [2.45, 2.75) is 25.2 Å². The minimum atomic E-state index is -1.36. The Kier molecular flexibility index (Phi) is 6.48. The monoisotopic (exact) mass is 309 g/mol. The van der Waals surface area contributed by atoms with E-state index in [9.17, 15) is 24.6 Å². The Morgan fingerprint density at radius 1 is 1.18 bits per heavy atom. The predicted octanol–water partition coefficient (Wildman–Crippen LogP) is -1.18. The Bertz CT molecular complexity index is 533. The number of rotatable bonds is 7. The van der Waals surface area contributed by atoms with Crippen molar-refractivity contribution in [3.05, 3.63) is 35.9 Å². The van der Waals surface area contributed by atoms with Gasteiger partial charge in [-0.2, -0.15) is 0 Å². The highest BCUT2D eigenvalue weighted by atomic mass is 16.3. The lowest BCUT2D eigenvalue weighted by atomic mass is 10.1. The van der Waals surface area contributed by atoms with Crippen LogP contribution in [-0.2, 0) is 9.59 Å². The zero-order chi connectivity index (χ0) is 16.7. The number of aliphatic hydroxyl groups excluding tert-OH is 2. The van der Waals surface area contributed by atoms with Crippen LogP contribution in [0.15, 0.2) is 30.3 Å². The first-order chi connectivity index (χ1) is 10.3. The van der Waals surface area contributed by atoms with Crippen molar-refractivity contribution in [1.29, 1.82) is 0 Å². The summed E-state index contributed by atoms with van der Waals surface area (Å²) in [4.78, 5) is 34.3. The van der Waals surface area contributed by atoms with Gasteiger partial charge in [0.05, 0.1) is 12.6 Å². The van der Waals surface area contributed by atoms with Crippen molar-refractivity contribution in [3.63, 3.8) is 0 Å². The third-order valence-electron chi connectivity index (χ3n) is 2.92. The molecule has 0 heterocycles. The average Bonchev–Trinajstić information content (AvgIpc) is 2.49. The van der Waals surface area contributed by atoms with E-state index in [1.807, 2.05) is 0 Å². The van der Waals surface area contributed by atoms with E-state index in [0.29, 0.717) is 5.56 Å². The summed E-state index contributed by atoms with van der Waals surface area (Å²) in [5.74, 6) is -1.52. The van der Waals surface area contributed by atoms with Gasteiger partial charge in [0.25, 0.3) is 0 Å². The number of nitrogens with two attached hydrogens (primary N) is 1. The summed E-state index contributed by atoms with van der Waals surface area (Å²) in [5, 5.41) is 23.5. The minimum absolute atomic E-state index is 0.411. The molecule has 8 heteroatoms. The van der Waals surface area contributed by atoms with Gasteiger partial charge >= 0.3 is 6.03 Å². The van der Waals surface area contributed by atoms with Crippen LogP contribution in [0.3, 0.4) is 0 Å². The first kappa shape index (κ1) is 17.6. The molecule has 0 aliphatic carbocycles. The summed E-state index contributed by atoms with van der Waals surface area (Å²) in [6.07, 6.45) is -2.53. The van der Waals surface area contributed by atoms with Crippen molar-refractivity contribution in [3.8, 4) is 0 Å². The van der Waals surface area contributed by atoms with E-state index < -0.39 is 42.5 Å². The number of urea groups is 1. The van der Waals surface area contributed by atoms with Gasteiger partial charge in [-0.25, -0.2) is 4.79 Å². The second-order valence-corrected chi connectivity index (χ2v) is 4.73. The van der Waals surface area contributed by atoms with Crippen LogP contribution in [0.4, 0.5) is 4.79 Å². The lowest BCUT2D eigenvalue weighted by Crippen LogP contribution is -2.54. The van der Waals surface area contributed by atoms with Crippen LogP contribution >= 0.6 is 0 Å². The zero-order valence-electron chi connectivity index (χ0n) is 12.0. The highest BCUT2D eigenvalue weighted by Crippen LogP contribution is 2.12. The van der Waals surface area contributed by atoms with E-state index in [4.69, 9.17) is 5.73 Å². The summed E-state index contributed by atoms with van der Waals surface area (Å²) in [5.41, 5.74) is 5.43. The Hall–Kier alpha value is -2.45. The van der Waals surface area contributed by atoms with Gasteiger partial charge in [0, 0.05) is 0 Å². The van der Waals surface area contributed by atoms with Gasteiger partial charge in [-0.15, -0.1) is 0 Å². The molecule has 0 aromatic heterocycles. The number of ketones is 1. The molecular weight excluding hydrogens is 290 g/mol. The van der Waals surface area contributed by atoms with Gasteiger partial charge in [-0.05, 0) is 12.5 Å². The van der Waals surface area contributed by atoms with Gasteiger partial charge in [-0.1, -0.05) is 30.3 Å². The molecule has 0 saturated heterocycles. The van der Waals surface area contributed by atoms with Crippen molar-refractivity contribution < 1.29 is 24.6 Å². The molecule has 8 nitrogen and oxygen atoms in total. The van der Waals surface area contributed by atoms with Gasteiger partial charge < -0.3 is 26.6 Å². The van der Waals surface area contributed by atoms with Crippen molar-refractivity contribution in [2.75, 3.05) is 6.54 Å². The topological polar surface area (TPSA) is 142 Å². The molecule has 6 N–H and O–H groups in total. The molecule has 3 atom stereocenters. The lowest BCUT2D eigenvalue weighted by molar-refractivity contribution is -0.126. The molecule has 1 aromatic carbocycles. The molecule has 120 valence electrons. The molecule has 1 unspecified atom stereocenters. The first-order valence-corrected chi connectivity index (χ1v) is 6.60. The van der Waals surface area contributed by atoms with E-state index in [1.54, 1.807) is 30.3 Å². The van der Waals surface area contributed by atoms with Crippen LogP contribution in [0, 0.1) is 0 Å². The van der Waals surface area contributed by atoms with Gasteiger partial charge in [0.2, 0.25) is 5.91 Å². The molecule has 0 saturated carbocycles. The second kappa shape index (κ2) is 8.11. The standard InChI is InChI=1S/C14H19N3O5/c1-8(18)11(13(15)21)17-14(22)16-7-10(19)12(20)9-5-3-2-4-6-9/h2-6,8,11-12,18,20H,7H2,1H3,(H2,15,21)(H2,16,17,22)/t8?,11-,12+/m0/s1. The number of nitrogens with one attached hydrogen (secondary N) is 2. The summed E-state index contributed by atoms with van der Waals surface area (Å²) in [6.45, 7) is 0.854. The number of carbonyl (C=O) groups is 3. The molecule has 22 heavy (non-hydrogen) atoms. The lowest BCUT2D eigenvalue weighted by Gasteiger charge is -2.18. The number of primary amides is 1. The maximum Gasteiger partial charge on any atom is 0.315 e. The smallest absolute Gasteiger partial charge is 0.315 e. The Morgan fingerprint density at radius 3 is 2.27 bits per heavy atom. The Balaban J connectivity index is 2.50. The van der Waals surface area contributed by atoms with E-state index >= 15 is 0 Å². The molecule has 0 aliphatic rings. The third-order valence-corrected chi connectivity index (χ3v) is 2.92. The Labute approximate surface area is 127 Å². The maximum atomic E-state index is 11.8. The van der Waals surface area contributed by atoms with Crippen molar-refractivity contribution >= 4 is 17.7 Å². The number of hydrogen-bond acceptors (Lipinski definition) is 5. The van der Waals surface area contributed by atoms with Crippen LogP contribution in [-0.4, -0.2) is 46.6 Å². The maximum absolute atomic E-state index is 11.8. The largest absolute Gasteiger partial charge is 0.391 e.